The molecule has 19 heavy (non-hydrogen) atoms. The maximum absolute atomic E-state index is 12.6. The van der Waals surface area contributed by atoms with Crippen molar-refractivity contribution in [3.05, 3.63) is 36.0 Å². The monoisotopic (exact) mass is 258 g/mol. The van der Waals surface area contributed by atoms with E-state index in [4.69, 9.17) is 0 Å². The first kappa shape index (κ1) is 12.2. The average molecular weight is 258 g/mol. The molecule has 1 N–H and O–H groups in total. The van der Waals surface area contributed by atoms with Crippen LogP contribution in [0.5, 0.6) is 0 Å². The van der Waals surface area contributed by atoms with E-state index in [2.05, 4.69) is 0 Å². The number of aryl methyl sites for hydroxylation is 1. The van der Waals surface area contributed by atoms with Crippen molar-refractivity contribution in [2.75, 3.05) is 13.2 Å². The summed E-state index contributed by atoms with van der Waals surface area (Å²) in [5.41, 5.74) is 1.76. The lowest BCUT2D eigenvalue weighted by molar-refractivity contribution is 0.0668. The summed E-state index contributed by atoms with van der Waals surface area (Å²) in [5.74, 6) is 0.0234. The molecule has 100 valence electrons. The minimum atomic E-state index is -0.0227. The van der Waals surface area contributed by atoms with Crippen LogP contribution in [0.1, 0.15) is 23.3 Å². The molecule has 0 unspecified atom stereocenters. The van der Waals surface area contributed by atoms with Crippen molar-refractivity contribution in [1.29, 1.82) is 0 Å². The molecular formula is C15H18N2O2. The highest BCUT2D eigenvalue weighted by molar-refractivity contribution is 5.99. The third-order valence-corrected chi connectivity index (χ3v) is 4.02. The third-order valence-electron chi connectivity index (χ3n) is 4.02. The summed E-state index contributed by atoms with van der Waals surface area (Å²) in [7, 11) is 1.92. The van der Waals surface area contributed by atoms with Crippen LogP contribution in [0.4, 0.5) is 0 Å². The molecule has 0 spiro atoms. The van der Waals surface area contributed by atoms with Gasteiger partial charge in [0.25, 0.3) is 5.91 Å². The fourth-order valence-corrected chi connectivity index (χ4v) is 2.93. The lowest BCUT2D eigenvalue weighted by Crippen LogP contribution is -2.38. The van der Waals surface area contributed by atoms with E-state index in [0.29, 0.717) is 5.69 Å². The Morgan fingerprint density at radius 1 is 1.42 bits per heavy atom. The zero-order valence-corrected chi connectivity index (χ0v) is 11.0. The topological polar surface area (TPSA) is 45.5 Å². The van der Waals surface area contributed by atoms with E-state index in [-0.39, 0.29) is 18.6 Å². The first-order chi connectivity index (χ1) is 9.22. The number of aliphatic hydroxyl groups excluding tert-OH is 1. The number of carbonyl (C=O) groups excluding carboxylic acids is 1. The number of carbonyl (C=O) groups is 1. The van der Waals surface area contributed by atoms with Crippen LogP contribution in [-0.2, 0) is 7.05 Å². The Bertz CT molecular complexity index is 618. The second-order valence-corrected chi connectivity index (χ2v) is 5.12. The standard InChI is InChI=1S/C15H18N2O2/c1-16-13-7-3-2-5-11(13)9-14(16)15(19)17-8-4-6-12(17)10-18/h2-3,5,7,9,12,18H,4,6,8,10H2,1H3/t12-/m1/s1. The van der Waals surface area contributed by atoms with Gasteiger partial charge >= 0.3 is 0 Å². The molecular weight excluding hydrogens is 240 g/mol. The predicted molar refractivity (Wildman–Crippen MR) is 74.1 cm³/mol. The van der Waals surface area contributed by atoms with Crippen LogP contribution in [0.25, 0.3) is 10.9 Å². The van der Waals surface area contributed by atoms with Crippen LogP contribution in [0.2, 0.25) is 0 Å². The van der Waals surface area contributed by atoms with Crippen LogP contribution in [0, 0.1) is 0 Å². The minimum absolute atomic E-state index is 0.0227. The largest absolute Gasteiger partial charge is 0.394 e. The Morgan fingerprint density at radius 2 is 2.21 bits per heavy atom. The molecule has 0 radical (unpaired) electrons. The van der Waals surface area contributed by atoms with Gasteiger partial charge in [0.05, 0.1) is 12.6 Å². The number of aromatic nitrogens is 1. The van der Waals surface area contributed by atoms with Crippen LogP contribution in [0.15, 0.2) is 30.3 Å². The van der Waals surface area contributed by atoms with Crippen LogP contribution < -0.4 is 0 Å². The van der Waals surface area contributed by atoms with E-state index in [1.54, 1.807) is 4.90 Å². The Labute approximate surface area is 112 Å². The van der Waals surface area contributed by atoms with Gasteiger partial charge in [-0.2, -0.15) is 0 Å². The lowest BCUT2D eigenvalue weighted by atomic mass is 10.2. The number of aliphatic hydroxyl groups is 1. The summed E-state index contributed by atoms with van der Waals surface area (Å²) in [6, 6.07) is 9.89. The van der Waals surface area contributed by atoms with Crippen molar-refractivity contribution in [2.45, 2.75) is 18.9 Å². The molecule has 3 rings (SSSR count). The number of rotatable bonds is 2. The molecule has 1 saturated heterocycles. The fraction of sp³-hybridized carbons (Fsp3) is 0.400. The van der Waals surface area contributed by atoms with Crippen molar-refractivity contribution in [1.82, 2.24) is 9.47 Å². The highest BCUT2D eigenvalue weighted by Gasteiger charge is 2.30. The number of hydrogen-bond donors (Lipinski definition) is 1. The summed E-state index contributed by atoms with van der Waals surface area (Å²) >= 11 is 0. The van der Waals surface area contributed by atoms with Gasteiger partial charge in [-0.05, 0) is 25.0 Å². The molecule has 4 nitrogen and oxygen atoms in total. The molecule has 1 aromatic heterocycles. The van der Waals surface area contributed by atoms with Crippen molar-refractivity contribution >= 4 is 16.8 Å². The third kappa shape index (κ3) is 1.92. The quantitative estimate of drug-likeness (QED) is 0.892. The van der Waals surface area contributed by atoms with Crippen molar-refractivity contribution < 1.29 is 9.90 Å². The normalized spacial score (nSPS) is 19.3. The molecule has 0 saturated carbocycles. The summed E-state index contributed by atoms with van der Waals surface area (Å²) in [6.45, 7) is 0.793. The Balaban J connectivity index is 2.00. The summed E-state index contributed by atoms with van der Waals surface area (Å²) in [5, 5.41) is 10.4. The van der Waals surface area contributed by atoms with Gasteiger partial charge < -0.3 is 14.6 Å². The summed E-state index contributed by atoms with van der Waals surface area (Å²) in [4.78, 5) is 14.4. The highest BCUT2D eigenvalue weighted by Crippen LogP contribution is 2.23. The first-order valence-corrected chi connectivity index (χ1v) is 6.68. The van der Waals surface area contributed by atoms with E-state index in [0.717, 1.165) is 30.3 Å². The van der Waals surface area contributed by atoms with Gasteiger partial charge in [-0.1, -0.05) is 18.2 Å². The Morgan fingerprint density at radius 3 is 2.95 bits per heavy atom. The zero-order valence-electron chi connectivity index (χ0n) is 11.0. The number of hydrogen-bond acceptors (Lipinski definition) is 2. The minimum Gasteiger partial charge on any atom is -0.394 e. The maximum Gasteiger partial charge on any atom is 0.270 e. The van der Waals surface area contributed by atoms with Crippen molar-refractivity contribution in [3.63, 3.8) is 0 Å². The molecule has 4 heteroatoms. The molecule has 1 fully saturated rings. The van der Waals surface area contributed by atoms with E-state index < -0.39 is 0 Å². The van der Waals surface area contributed by atoms with Gasteiger partial charge in [-0.15, -0.1) is 0 Å². The van der Waals surface area contributed by atoms with E-state index in [1.165, 1.54) is 0 Å². The fourth-order valence-electron chi connectivity index (χ4n) is 2.93. The van der Waals surface area contributed by atoms with Crippen LogP contribution in [0.3, 0.4) is 0 Å². The van der Waals surface area contributed by atoms with Gasteiger partial charge in [-0.3, -0.25) is 4.79 Å². The highest BCUT2D eigenvalue weighted by atomic mass is 16.3. The van der Waals surface area contributed by atoms with Gasteiger partial charge in [0.1, 0.15) is 5.69 Å². The van der Waals surface area contributed by atoms with Gasteiger partial charge in [-0.25, -0.2) is 0 Å². The second-order valence-electron chi connectivity index (χ2n) is 5.12. The second kappa shape index (κ2) is 4.70. The van der Waals surface area contributed by atoms with E-state index in [9.17, 15) is 9.90 Å². The smallest absolute Gasteiger partial charge is 0.270 e. The molecule has 1 amide bonds. The zero-order chi connectivity index (χ0) is 13.4. The molecule has 2 heterocycles. The first-order valence-electron chi connectivity index (χ1n) is 6.68. The number of likely N-dealkylation sites (tertiary alicyclic amines) is 1. The lowest BCUT2D eigenvalue weighted by Gasteiger charge is -2.23. The number of benzene rings is 1. The predicted octanol–water partition coefficient (Wildman–Crippen LogP) is 1.78. The Hall–Kier alpha value is -1.81. The number of nitrogens with zero attached hydrogens (tertiary/aromatic N) is 2. The van der Waals surface area contributed by atoms with Gasteiger partial charge in [0.15, 0.2) is 0 Å². The van der Waals surface area contributed by atoms with Gasteiger partial charge in [0, 0.05) is 24.5 Å². The molecule has 1 aliphatic rings. The van der Waals surface area contributed by atoms with Gasteiger partial charge in [0.2, 0.25) is 0 Å². The number of para-hydroxylation sites is 1. The maximum atomic E-state index is 12.6. The number of amides is 1. The summed E-state index contributed by atoms with van der Waals surface area (Å²) < 4.78 is 1.93. The Kier molecular flexibility index (Phi) is 3.03. The SMILES string of the molecule is Cn1c(C(=O)N2CCC[C@@H]2CO)cc2ccccc21. The molecule has 0 aliphatic carbocycles. The van der Waals surface area contributed by atoms with E-state index in [1.807, 2.05) is 41.9 Å². The van der Waals surface area contributed by atoms with Crippen LogP contribution >= 0.6 is 0 Å². The molecule has 2 aromatic rings. The average Bonchev–Trinajstić information content (AvgIpc) is 3.03. The van der Waals surface area contributed by atoms with Crippen LogP contribution in [-0.4, -0.2) is 39.7 Å². The van der Waals surface area contributed by atoms with Crippen molar-refractivity contribution in [2.24, 2.45) is 7.05 Å². The number of fused-ring (bicyclic) bond motifs is 1. The molecule has 1 atom stereocenters. The van der Waals surface area contributed by atoms with E-state index >= 15 is 0 Å². The molecule has 1 aromatic carbocycles. The molecule has 1 aliphatic heterocycles. The van der Waals surface area contributed by atoms with Crippen molar-refractivity contribution in [3.8, 4) is 0 Å². The molecule has 0 bridgehead atoms. The summed E-state index contributed by atoms with van der Waals surface area (Å²) in [6.07, 6.45) is 1.87.